The van der Waals surface area contributed by atoms with Crippen molar-refractivity contribution in [3.8, 4) is 0 Å². The third-order valence-electron chi connectivity index (χ3n) is 1.65. The van der Waals surface area contributed by atoms with Crippen molar-refractivity contribution < 1.29 is 4.79 Å². The molecule has 1 amide bonds. The second-order valence-electron chi connectivity index (χ2n) is 2.85. The predicted octanol–water partition coefficient (Wildman–Crippen LogP) is 1.14. The van der Waals surface area contributed by atoms with Gasteiger partial charge >= 0.3 is 0 Å². The molecule has 0 aliphatic rings. The number of rotatable bonds is 4. The summed E-state index contributed by atoms with van der Waals surface area (Å²) in [5.74, 6) is -0.0203. The smallest absolute Gasteiger partial charge is 0.271 e. The highest BCUT2D eigenvalue weighted by Gasteiger charge is 2.03. The molecule has 0 aromatic heterocycles. The van der Waals surface area contributed by atoms with E-state index in [0.717, 1.165) is 18.4 Å². The van der Waals surface area contributed by atoms with Gasteiger partial charge in [-0.05, 0) is 6.42 Å². The number of benzene rings is 1. The number of carbonyl (C=O) groups is 1. The van der Waals surface area contributed by atoms with Crippen LogP contribution < -0.4 is 10.8 Å². The van der Waals surface area contributed by atoms with Crippen LogP contribution in [0.15, 0.2) is 30.3 Å². The molecule has 0 bridgehead atoms. The van der Waals surface area contributed by atoms with E-state index in [-0.39, 0.29) is 5.81 Å². The number of hydrogen-bond donors (Lipinski definition) is 1. The zero-order valence-electron chi connectivity index (χ0n) is 7.79. The summed E-state index contributed by atoms with van der Waals surface area (Å²) in [6.45, 7) is 2.77. The minimum atomic E-state index is -0.0203. The van der Waals surface area contributed by atoms with Crippen LogP contribution in [-0.2, 0) is 0 Å². The highest BCUT2D eigenvalue weighted by atomic mass is 16.1. The van der Waals surface area contributed by atoms with E-state index in [1.165, 1.54) is 0 Å². The molecular weight excluding hydrogens is 161 g/mol. The summed E-state index contributed by atoms with van der Waals surface area (Å²) in [5, 5.41) is 2.79. The van der Waals surface area contributed by atoms with Crippen molar-refractivity contribution >= 4 is 18.5 Å². The predicted molar refractivity (Wildman–Crippen MR) is 55.5 cm³/mol. The topological polar surface area (TPSA) is 29.1 Å². The van der Waals surface area contributed by atoms with Crippen LogP contribution in [-0.4, -0.2) is 19.6 Å². The second kappa shape index (κ2) is 5.41. The zero-order chi connectivity index (χ0) is 9.52. The average Bonchev–Trinajstić information content (AvgIpc) is 2.16. The number of carbonyl (C=O) groups excluding carboxylic acids is 1. The van der Waals surface area contributed by atoms with Gasteiger partial charge in [0.1, 0.15) is 0 Å². The summed E-state index contributed by atoms with van der Waals surface area (Å²) in [4.78, 5) is 11.2. The number of nitrogens with one attached hydrogen (secondary N) is 1. The highest BCUT2D eigenvalue weighted by molar-refractivity contribution is 6.83. The largest absolute Gasteiger partial charge is 0.365 e. The Bertz CT molecular complexity index is 261. The summed E-state index contributed by atoms with van der Waals surface area (Å²) in [6.07, 6.45) is 0.967. The summed E-state index contributed by atoms with van der Waals surface area (Å²) >= 11 is 0. The molecule has 0 saturated carbocycles. The average molecular weight is 174 g/mol. The Morgan fingerprint density at radius 2 is 2.08 bits per heavy atom. The Balaban J connectivity index is 2.37. The molecule has 3 heteroatoms. The fourth-order valence-electron chi connectivity index (χ4n) is 1.000. The Morgan fingerprint density at radius 1 is 1.38 bits per heavy atom. The first-order valence-electron chi connectivity index (χ1n) is 4.50. The first-order valence-corrected chi connectivity index (χ1v) is 4.50. The van der Waals surface area contributed by atoms with Crippen molar-refractivity contribution in [3.05, 3.63) is 30.3 Å². The summed E-state index contributed by atoms with van der Waals surface area (Å²) < 4.78 is 0. The molecule has 13 heavy (non-hydrogen) atoms. The molecule has 0 aliphatic carbocycles. The lowest BCUT2D eigenvalue weighted by Gasteiger charge is -2.01. The van der Waals surface area contributed by atoms with E-state index in [4.69, 9.17) is 0 Å². The Labute approximate surface area is 79.6 Å². The molecule has 0 heterocycles. The molecule has 1 rings (SSSR count). The van der Waals surface area contributed by atoms with E-state index < -0.39 is 0 Å². The standard InChI is InChI=1S/C10H13BNO/c1-2-8-12-10(13)11-9-6-4-3-5-7-9/h3-7H,2,8H2,1H3,(H,12,13). The fraction of sp³-hybridized carbons (Fsp3) is 0.300. The minimum absolute atomic E-state index is 0.0203. The number of hydrogen-bond acceptors (Lipinski definition) is 1. The molecule has 1 N–H and O–H groups in total. The van der Waals surface area contributed by atoms with E-state index in [9.17, 15) is 4.79 Å². The lowest BCUT2D eigenvalue weighted by Crippen LogP contribution is -2.34. The molecule has 0 aliphatic heterocycles. The normalized spacial score (nSPS) is 9.31. The number of amides is 1. The lowest BCUT2D eigenvalue weighted by molar-refractivity contribution is 0.259. The summed E-state index contributed by atoms with van der Waals surface area (Å²) in [7, 11) is 1.61. The maximum atomic E-state index is 11.2. The zero-order valence-corrected chi connectivity index (χ0v) is 7.79. The monoisotopic (exact) mass is 174 g/mol. The lowest BCUT2D eigenvalue weighted by atomic mass is 9.69. The van der Waals surface area contributed by atoms with Gasteiger partial charge < -0.3 is 5.32 Å². The molecular formula is C10H13BNO. The maximum Gasteiger partial charge on any atom is 0.271 e. The molecule has 0 unspecified atom stereocenters. The molecule has 0 fully saturated rings. The van der Waals surface area contributed by atoms with Gasteiger partial charge in [0.25, 0.3) is 7.28 Å². The van der Waals surface area contributed by atoms with E-state index in [0.29, 0.717) is 0 Å². The molecule has 1 aromatic rings. The second-order valence-corrected chi connectivity index (χ2v) is 2.85. The quantitative estimate of drug-likeness (QED) is 0.681. The molecule has 0 spiro atoms. The van der Waals surface area contributed by atoms with Gasteiger partial charge in [0.05, 0.1) is 0 Å². The highest BCUT2D eigenvalue weighted by Crippen LogP contribution is 1.82. The van der Waals surface area contributed by atoms with Gasteiger partial charge in [-0.15, -0.1) is 0 Å². The van der Waals surface area contributed by atoms with Crippen LogP contribution in [0.3, 0.4) is 0 Å². The molecule has 0 saturated heterocycles. The summed E-state index contributed by atoms with van der Waals surface area (Å²) in [6, 6.07) is 9.58. The van der Waals surface area contributed by atoms with Gasteiger partial charge in [0, 0.05) is 6.54 Å². The van der Waals surface area contributed by atoms with Gasteiger partial charge in [-0.1, -0.05) is 42.7 Å². The SMILES string of the molecule is CCCNC(=O)[B]c1ccccc1. The molecule has 0 atom stereocenters. The van der Waals surface area contributed by atoms with Crippen LogP contribution in [0, 0.1) is 0 Å². The van der Waals surface area contributed by atoms with E-state index in [2.05, 4.69) is 5.32 Å². The van der Waals surface area contributed by atoms with Gasteiger partial charge in [0.2, 0.25) is 0 Å². The molecule has 1 aromatic carbocycles. The third kappa shape index (κ3) is 3.79. The van der Waals surface area contributed by atoms with Crippen molar-refractivity contribution in [1.82, 2.24) is 5.32 Å². The Kier molecular flexibility index (Phi) is 4.09. The molecule has 2 nitrogen and oxygen atoms in total. The first kappa shape index (κ1) is 9.84. The van der Waals surface area contributed by atoms with Crippen molar-refractivity contribution in [3.63, 3.8) is 0 Å². The van der Waals surface area contributed by atoms with Crippen LogP contribution in [0.25, 0.3) is 0 Å². The fourth-order valence-corrected chi connectivity index (χ4v) is 1.000. The van der Waals surface area contributed by atoms with E-state index >= 15 is 0 Å². The first-order chi connectivity index (χ1) is 6.33. The van der Waals surface area contributed by atoms with Crippen molar-refractivity contribution in [2.75, 3.05) is 6.54 Å². The van der Waals surface area contributed by atoms with Crippen LogP contribution in [0.4, 0.5) is 4.79 Å². The summed E-state index contributed by atoms with van der Waals surface area (Å²) in [5.41, 5.74) is 0.941. The van der Waals surface area contributed by atoms with Gasteiger partial charge in [-0.2, -0.15) is 0 Å². The van der Waals surface area contributed by atoms with Crippen LogP contribution >= 0.6 is 0 Å². The minimum Gasteiger partial charge on any atom is -0.365 e. The van der Waals surface area contributed by atoms with E-state index in [1.54, 1.807) is 7.28 Å². The third-order valence-corrected chi connectivity index (χ3v) is 1.65. The van der Waals surface area contributed by atoms with Crippen LogP contribution in [0.1, 0.15) is 13.3 Å². The van der Waals surface area contributed by atoms with Crippen LogP contribution in [0.2, 0.25) is 0 Å². The van der Waals surface area contributed by atoms with Gasteiger partial charge in [-0.3, -0.25) is 4.79 Å². The van der Waals surface area contributed by atoms with Gasteiger partial charge in [-0.25, -0.2) is 0 Å². The molecule has 1 radical (unpaired) electrons. The van der Waals surface area contributed by atoms with E-state index in [1.807, 2.05) is 37.3 Å². The van der Waals surface area contributed by atoms with Gasteiger partial charge in [0.15, 0.2) is 5.81 Å². The van der Waals surface area contributed by atoms with Crippen LogP contribution in [0.5, 0.6) is 0 Å². The van der Waals surface area contributed by atoms with Crippen molar-refractivity contribution in [1.29, 1.82) is 0 Å². The van der Waals surface area contributed by atoms with Crippen molar-refractivity contribution in [2.45, 2.75) is 13.3 Å². The maximum absolute atomic E-state index is 11.2. The van der Waals surface area contributed by atoms with Crippen molar-refractivity contribution in [2.24, 2.45) is 0 Å². The Hall–Kier alpha value is -1.25. The Morgan fingerprint density at radius 3 is 2.69 bits per heavy atom. The molecule has 67 valence electrons.